The molecule has 1 saturated heterocycles. The highest BCUT2D eigenvalue weighted by molar-refractivity contribution is 5.76. The minimum atomic E-state index is -0.526. The maximum Gasteiger partial charge on any atom is 0.317 e. The number of nitrogens with zero attached hydrogens (tertiary/aromatic N) is 2. The van der Waals surface area contributed by atoms with Crippen LogP contribution in [0.2, 0.25) is 0 Å². The van der Waals surface area contributed by atoms with Gasteiger partial charge in [-0.05, 0) is 18.2 Å². The Hall–Kier alpha value is -2.29. The van der Waals surface area contributed by atoms with Crippen molar-refractivity contribution in [1.29, 1.82) is 5.26 Å². The fourth-order valence-electron chi connectivity index (χ4n) is 1.78. The Morgan fingerprint density at radius 3 is 3.06 bits per heavy atom. The highest BCUT2D eigenvalue weighted by Crippen LogP contribution is 2.13. The molecule has 5 nitrogen and oxygen atoms in total. The Balaban J connectivity index is 1.87. The zero-order valence-electron chi connectivity index (χ0n) is 9.74. The highest BCUT2D eigenvalue weighted by atomic mass is 19.1. The number of halogens is 1. The van der Waals surface area contributed by atoms with Crippen molar-refractivity contribution >= 4 is 11.7 Å². The van der Waals surface area contributed by atoms with E-state index in [1.54, 1.807) is 17.0 Å². The van der Waals surface area contributed by atoms with Gasteiger partial charge in [0.1, 0.15) is 11.9 Å². The number of hydrogen-bond donors (Lipinski definition) is 2. The molecule has 0 spiro atoms. The van der Waals surface area contributed by atoms with Gasteiger partial charge in [0.05, 0.1) is 5.56 Å². The molecular weight excluding hydrogens is 235 g/mol. The molecule has 1 aliphatic heterocycles. The largest absolute Gasteiger partial charge is 0.383 e. The molecule has 6 heteroatoms. The zero-order valence-corrected chi connectivity index (χ0v) is 9.74. The number of nitrogens with one attached hydrogen (secondary N) is 2. The van der Waals surface area contributed by atoms with Crippen LogP contribution in [0.4, 0.5) is 14.9 Å². The molecule has 0 aromatic heterocycles. The predicted molar refractivity (Wildman–Crippen MR) is 64.6 cm³/mol. The first-order valence-electron chi connectivity index (χ1n) is 5.67. The molecule has 0 atom stereocenters. The van der Waals surface area contributed by atoms with Crippen molar-refractivity contribution < 1.29 is 9.18 Å². The van der Waals surface area contributed by atoms with Gasteiger partial charge in [-0.1, -0.05) is 0 Å². The van der Waals surface area contributed by atoms with Crippen LogP contribution >= 0.6 is 0 Å². The quantitative estimate of drug-likeness (QED) is 0.839. The van der Waals surface area contributed by atoms with Crippen molar-refractivity contribution in [1.82, 2.24) is 10.2 Å². The summed E-state index contributed by atoms with van der Waals surface area (Å²) in [6, 6.07) is 6.00. The lowest BCUT2D eigenvalue weighted by Gasteiger charge is -2.15. The second kappa shape index (κ2) is 5.36. The van der Waals surface area contributed by atoms with E-state index in [-0.39, 0.29) is 11.6 Å². The Bertz CT molecular complexity index is 497. The van der Waals surface area contributed by atoms with Gasteiger partial charge in [0.25, 0.3) is 0 Å². The molecule has 1 fully saturated rings. The lowest BCUT2D eigenvalue weighted by atomic mass is 10.2. The summed E-state index contributed by atoms with van der Waals surface area (Å²) in [4.78, 5) is 13.0. The third-order valence-corrected chi connectivity index (χ3v) is 2.74. The molecule has 1 aromatic rings. The molecule has 1 aromatic carbocycles. The van der Waals surface area contributed by atoms with Gasteiger partial charge >= 0.3 is 6.03 Å². The van der Waals surface area contributed by atoms with E-state index >= 15 is 0 Å². The van der Waals surface area contributed by atoms with Gasteiger partial charge in [0, 0.05) is 31.9 Å². The summed E-state index contributed by atoms with van der Waals surface area (Å²) in [5, 5.41) is 14.5. The number of rotatable bonds is 4. The number of anilines is 1. The minimum Gasteiger partial charge on any atom is -0.383 e. The Labute approximate surface area is 104 Å². The van der Waals surface area contributed by atoms with Crippen LogP contribution in [0.3, 0.4) is 0 Å². The second-order valence-corrected chi connectivity index (χ2v) is 3.95. The van der Waals surface area contributed by atoms with E-state index in [2.05, 4.69) is 10.6 Å². The molecule has 0 unspecified atom stereocenters. The fourth-order valence-corrected chi connectivity index (χ4v) is 1.78. The summed E-state index contributed by atoms with van der Waals surface area (Å²) in [7, 11) is 0. The maximum absolute atomic E-state index is 13.1. The van der Waals surface area contributed by atoms with Crippen molar-refractivity contribution in [2.45, 2.75) is 0 Å². The van der Waals surface area contributed by atoms with Crippen LogP contribution in [-0.2, 0) is 0 Å². The third kappa shape index (κ3) is 2.69. The van der Waals surface area contributed by atoms with E-state index in [9.17, 15) is 9.18 Å². The number of amides is 2. The molecular formula is C12H13FN4O. The van der Waals surface area contributed by atoms with Crippen molar-refractivity contribution in [3.8, 4) is 6.07 Å². The van der Waals surface area contributed by atoms with Crippen molar-refractivity contribution in [3.63, 3.8) is 0 Å². The molecule has 0 bridgehead atoms. The summed E-state index contributed by atoms with van der Waals surface area (Å²) in [5.41, 5.74) is 0.687. The Morgan fingerprint density at radius 1 is 1.56 bits per heavy atom. The number of urea groups is 1. The van der Waals surface area contributed by atoms with Gasteiger partial charge in [-0.15, -0.1) is 0 Å². The van der Waals surface area contributed by atoms with Gasteiger partial charge in [-0.3, -0.25) is 0 Å². The minimum absolute atomic E-state index is 0.0129. The molecule has 2 rings (SSSR count). The number of nitriles is 1. The average Bonchev–Trinajstić information content (AvgIpc) is 2.77. The van der Waals surface area contributed by atoms with Crippen molar-refractivity contribution in [2.75, 3.05) is 31.5 Å². The van der Waals surface area contributed by atoms with E-state index in [1.165, 1.54) is 12.1 Å². The standard InChI is InChI=1S/C12H13FN4O/c13-11-2-1-10(7-9(11)8-14)15-3-5-17-6-4-16-12(17)18/h1-2,7,15H,3-6H2,(H,16,18). The first kappa shape index (κ1) is 12.2. The summed E-state index contributed by atoms with van der Waals surface area (Å²) in [6.07, 6.45) is 0. The van der Waals surface area contributed by atoms with E-state index in [1.807, 2.05) is 0 Å². The van der Waals surface area contributed by atoms with Crippen LogP contribution in [0.5, 0.6) is 0 Å². The Kier molecular flexibility index (Phi) is 3.63. The van der Waals surface area contributed by atoms with E-state index in [4.69, 9.17) is 5.26 Å². The first-order valence-corrected chi connectivity index (χ1v) is 5.67. The second-order valence-electron chi connectivity index (χ2n) is 3.95. The number of carbonyl (C=O) groups is 1. The molecule has 0 saturated carbocycles. The number of carbonyl (C=O) groups excluding carboxylic acids is 1. The zero-order chi connectivity index (χ0) is 13.0. The normalized spacial score (nSPS) is 14.2. The molecule has 94 valence electrons. The van der Waals surface area contributed by atoms with Gasteiger partial charge in [-0.25, -0.2) is 9.18 Å². The molecule has 1 heterocycles. The van der Waals surface area contributed by atoms with Crippen LogP contribution in [0.25, 0.3) is 0 Å². The Morgan fingerprint density at radius 2 is 2.39 bits per heavy atom. The van der Waals surface area contributed by atoms with Crippen molar-refractivity contribution in [2.24, 2.45) is 0 Å². The van der Waals surface area contributed by atoms with Crippen LogP contribution in [-0.4, -0.2) is 37.1 Å². The number of hydrogen-bond acceptors (Lipinski definition) is 3. The fraction of sp³-hybridized carbons (Fsp3) is 0.333. The molecule has 0 aliphatic carbocycles. The average molecular weight is 248 g/mol. The molecule has 0 radical (unpaired) electrons. The third-order valence-electron chi connectivity index (χ3n) is 2.74. The van der Waals surface area contributed by atoms with Gasteiger partial charge in [0.2, 0.25) is 0 Å². The summed E-state index contributed by atoms with van der Waals surface area (Å²) in [6.45, 7) is 2.51. The van der Waals surface area contributed by atoms with Gasteiger partial charge < -0.3 is 15.5 Å². The van der Waals surface area contributed by atoms with E-state index < -0.39 is 5.82 Å². The van der Waals surface area contributed by atoms with Gasteiger partial charge in [-0.2, -0.15) is 5.26 Å². The molecule has 1 aliphatic rings. The smallest absolute Gasteiger partial charge is 0.317 e. The van der Waals surface area contributed by atoms with Crippen LogP contribution < -0.4 is 10.6 Å². The highest BCUT2D eigenvalue weighted by Gasteiger charge is 2.18. The van der Waals surface area contributed by atoms with Crippen LogP contribution in [0, 0.1) is 17.1 Å². The van der Waals surface area contributed by atoms with Crippen LogP contribution in [0.15, 0.2) is 18.2 Å². The summed E-state index contributed by atoms with van der Waals surface area (Å²) < 4.78 is 13.1. The van der Waals surface area contributed by atoms with Crippen molar-refractivity contribution in [3.05, 3.63) is 29.6 Å². The summed E-state index contributed by atoms with van der Waals surface area (Å²) in [5.74, 6) is -0.526. The lowest BCUT2D eigenvalue weighted by Crippen LogP contribution is -2.32. The van der Waals surface area contributed by atoms with E-state index in [0.717, 1.165) is 0 Å². The SMILES string of the molecule is N#Cc1cc(NCCN2CCNC2=O)ccc1F. The summed E-state index contributed by atoms with van der Waals surface area (Å²) >= 11 is 0. The maximum atomic E-state index is 13.1. The molecule has 18 heavy (non-hydrogen) atoms. The topological polar surface area (TPSA) is 68.2 Å². The monoisotopic (exact) mass is 248 g/mol. The van der Waals surface area contributed by atoms with Crippen LogP contribution in [0.1, 0.15) is 5.56 Å². The van der Waals surface area contributed by atoms with E-state index in [0.29, 0.717) is 31.9 Å². The lowest BCUT2D eigenvalue weighted by molar-refractivity contribution is 0.219. The molecule has 2 N–H and O–H groups in total. The first-order chi connectivity index (χ1) is 8.70. The molecule has 2 amide bonds. The predicted octanol–water partition coefficient (Wildman–Crippen LogP) is 1.13. The number of benzene rings is 1. The van der Waals surface area contributed by atoms with Gasteiger partial charge in [0.15, 0.2) is 0 Å².